The van der Waals surface area contributed by atoms with Crippen molar-refractivity contribution >= 4 is 17.4 Å². The Morgan fingerprint density at radius 2 is 1.94 bits per heavy atom. The van der Waals surface area contributed by atoms with Crippen molar-refractivity contribution in [2.75, 3.05) is 12.5 Å². The van der Waals surface area contributed by atoms with Crippen LogP contribution in [0.25, 0.3) is 0 Å². The van der Waals surface area contributed by atoms with E-state index in [1.54, 1.807) is 0 Å². The minimum absolute atomic E-state index is 0.277. The molecule has 6 heteroatoms. The molecule has 0 bridgehead atoms. The maximum absolute atomic E-state index is 6.02. The van der Waals surface area contributed by atoms with E-state index in [2.05, 4.69) is 15.4 Å². The van der Waals surface area contributed by atoms with E-state index in [4.69, 9.17) is 16.3 Å². The van der Waals surface area contributed by atoms with Gasteiger partial charge in [-0.25, -0.2) is 4.98 Å². The molecular formula is C11H13ClN4O. The standard InChI is InChI=1S/C11H13ClN4O/c1-7-4-5-8(2)16(7)15-10-9(12)6-13-11(14-10)17-3/h4-6H,1-3H3,(H,13,14,15). The molecule has 0 amide bonds. The Labute approximate surface area is 104 Å². The molecule has 0 radical (unpaired) electrons. The van der Waals surface area contributed by atoms with E-state index in [1.807, 2.05) is 30.7 Å². The molecule has 2 heterocycles. The molecule has 0 aliphatic heterocycles. The first-order chi connectivity index (χ1) is 8.11. The van der Waals surface area contributed by atoms with E-state index in [0.29, 0.717) is 10.8 Å². The molecule has 2 rings (SSSR count). The number of hydrogen-bond donors (Lipinski definition) is 1. The fraction of sp³-hybridized carbons (Fsp3) is 0.273. The van der Waals surface area contributed by atoms with Crippen LogP contribution in [0.4, 0.5) is 5.82 Å². The van der Waals surface area contributed by atoms with Gasteiger partial charge in [0.2, 0.25) is 0 Å². The second-order valence-corrected chi connectivity index (χ2v) is 4.02. The van der Waals surface area contributed by atoms with Crippen molar-refractivity contribution in [3.63, 3.8) is 0 Å². The van der Waals surface area contributed by atoms with Crippen molar-refractivity contribution in [1.82, 2.24) is 14.6 Å². The second-order valence-electron chi connectivity index (χ2n) is 3.62. The molecule has 90 valence electrons. The summed E-state index contributed by atoms with van der Waals surface area (Å²) in [6.07, 6.45) is 1.50. The minimum Gasteiger partial charge on any atom is -0.467 e. The van der Waals surface area contributed by atoms with Crippen LogP contribution in [0.5, 0.6) is 6.01 Å². The first kappa shape index (κ1) is 11.7. The highest BCUT2D eigenvalue weighted by Gasteiger charge is 2.08. The van der Waals surface area contributed by atoms with E-state index in [1.165, 1.54) is 13.3 Å². The number of rotatable bonds is 3. The van der Waals surface area contributed by atoms with Gasteiger partial charge in [-0.1, -0.05) is 11.6 Å². The maximum atomic E-state index is 6.02. The van der Waals surface area contributed by atoms with Crippen LogP contribution in [-0.2, 0) is 0 Å². The first-order valence-corrected chi connectivity index (χ1v) is 5.48. The lowest BCUT2D eigenvalue weighted by atomic mass is 10.5. The quantitative estimate of drug-likeness (QED) is 0.912. The van der Waals surface area contributed by atoms with Crippen molar-refractivity contribution in [2.24, 2.45) is 0 Å². The van der Waals surface area contributed by atoms with Gasteiger partial charge in [0.1, 0.15) is 5.02 Å². The van der Waals surface area contributed by atoms with Gasteiger partial charge in [0.15, 0.2) is 5.82 Å². The van der Waals surface area contributed by atoms with Gasteiger partial charge in [-0.3, -0.25) is 10.1 Å². The van der Waals surface area contributed by atoms with Gasteiger partial charge in [0, 0.05) is 11.4 Å². The summed E-state index contributed by atoms with van der Waals surface area (Å²) in [5.74, 6) is 0.515. The number of ether oxygens (including phenoxy) is 1. The highest BCUT2D eigenvalue weighted by atomic mass is 35.5. The zero-order valence-electron chi connectivity index (χ0n) is 9.86. The van der Waals surface area contributed by atoms with E-state index in [-0.39, 0.29) is 6.01 Å². The van der Waals surface area contributed by atoms with Crippen LogP contribution < -0.4 is 10.2 Å². The summed E-state index contributed by atoms with van der Waals surface area (Å²) >= 11 is 6.02. The third-order valence-corrected chi connectivity index (χ3v) is 2.67. The number of methoxy groups -OCH3 is 1. The zero-order chi connectivity index (χ0) is 12.4. The van der Waals surface area contributed by atoms with E-state index >= 15 is 0 Å². The molecule has 0 fully saturated rings. The van der Waals surface area contributed by atoms with Crippen LogP contribution in [0.2, 0.25) is 5.02 Å². The SMILES string of the molecule is COc1ncc(Cl)c(Nn2c(C)ccc2C)n1. The molecule has 0 aliphatic carbocycles. The summed E-state index contributed by atoms with van der Waals surface area (Å²) < 4.78 is 6.86. The van der Waals surface area contributed by atoms with Crippen LogP contribution in [0.15, 0.2) is 18.3 Å². The normalized spacial score (nSPS) is 10.4. The summed E-state index contributed by atoms with van der Waals surface area (Å²) in [6, 6.07) is 4.29. The lowest BCUT2D eigenvalue weighted by Crippen LogP contribution is -2.14. The predicted molar refractivity (Wildman–Crippen MR) is 66.5 cm³/mol. The molecule has 0 saturated heterocycles. The van der Waals surface area contributed by atoms with E-state index < -0.39 is 0 Å². The van der Waals surface area contributed by atoms with E-state index in [9.17, 15) is 0 Å². The number of hydrogen-bond acceptors (Lipinski definition) is 4. The van der Waals surface area contributed by atoms with Gasteiger partial charge in [-0.15, -0.1) is 0 Å². The molecular weight excluding hydrogens is 240 g/mol. The smallest absolute Gasteiger partial charge is 0.318 e. The molecule has 0 saturated carbocycles. The topological polar surface area (TPSA) is 52.0 Å². The molecule has 0 spiro atoms. The van der Waals surface area contributed by atoms with Crippen LogP contribution in [0, 0.1) is 13.8 Å². The summed E-state index contributed by atoms with van der Waals surface area (Å²) in [5, 5.41) is 0.443. The van der Waals surface area contributed by atoms with Gasteiger partial charge in [0.05, 0.1) is 13.3 Å². The Balaban J connectivity index is 2.35. The van der Waals surface area contributed by atoms with Gasteiger partial charge < -0.3 is 4.74 Å². The van der Waals surface area contributed by atoms with Crippen molar-refractivity contribution in [3.8, 4) is 6.01 Å². The number of nitrogens with zero attached hydrogens (tertiary/aromatic N) is 3. The summed E-state index contributed by atoms with van der Waals surface area (Å²) in [4.78, 5) is 8.07. The molecule has 0 atom stereocenters. The first-order valence-electron chi connectivity index (χ1n) is 5.10. The third-order valence-electron chi connectivity index (χ3n) is 2.39. The second kappa shape index (κ2) is 4.63. The highest BCUT2D eigenvalue weighted by Crippen LogP contribution is 2.21. The predicted octanol–water partition coefficient (Wildman–Crippen LogP) is 2.43. The number of aryl methyl sites for hydroxylation is 2. The fourth-order valence-electron chi connectivity index (χ4n) is 1.48. The Bertz CT molecular complexity index is 519. The Morgan fingerprint density at radius 1 is 1.29 bits per heavy atom. The molecule has 0 unspecified atom stereocenters. The number of halogens is 1. The van der Waals surface area contributed by atoms with Crippen LogP contribution >= 0.6 is 11.6 Å². The number of nitrogens with one attached hydrogen (secondary N) is 1. The fourth-order valence-corrected chi connectivity index (χ4v) is 1.61. The van der Waals surface area contributed by atoms with Crippen LogP contribution in [0.1, 0.15) is 11.4 Å². The average Bonchev–Trinajstić information content (AvgIpc) is 2.63. The van der Waals surface area contributed by atoms with Gasteiger partial charge in [-0.05, 0) is 26.0 Å². The van der Waals surface area contributed by atoms with Gasteiger partial charge in [0.25, 0.3) is 0 Å². The number of anilines is 1. The molecule has 17 heavy (non-hydrogen) atoms. The van der Waals surface area contributed by atoms with Crippen molar-refractivity contribution < 1.29 is 4.74 Å². The van der Waals surface area contributed by atoms with Crippen molar-refractivity contribution in [1.29, 1.82) is 0 Å². The summed E-state index contributed by atoms with van der Waals surface area (Å²) in [5.41, 5.74) is 5.25. The molecule has 0 aromatic carbocycles. The average molecular weight is 253 g/mol. The lowest BCUT2D eigenvalue weighted by molar-refractivity contribution is 0.380. The summed E-state index contributed by atoms with van der Waals surface area (Å²) in [7, 11) is 1.51. The van der Waals surface area contributed by atoms with Crippen molar-refractivity contribution in [2.45, 2.75) is 13.8 Å². The largest absolute Gasteiger partial charge is 0.467 e. The number of aromatic nitrogens is 3. The molecule has 2 aromatic rings. The highest BCUT2D eigenvalue weighted by molar-refractivity contribution is 6.32. The monoisotopic (exact) mass is 252 g/mol. The Hall–Kier alpha value is -1.75. The van der Waals surface area contributed by atoms with Crippen LogP contribution in [0.3, 0.4) is 0 Å². The lowest BCUT2D eigenvalue weighted by Gasteiger charge is -2.13. The van der Waals surface area contributed by atoms with Crippen LogP contribution in [-0.4, -0.2) is 21.8 Å². The van der Waals surface area contributed by atoms with Gasteiger partial charge >= 0.3 is 6.01 Å². The molecule has 1 N–H and O–H groups in total. The minimum atomic E-state index is 0.277. The van der Waals surface area contributed by atoms with Gasteiger partial charge in [-0.2, -0.15) is 4.98 Å². The zero-order valence-corrected chi connectivity index (χ0v) is 10.6. The molecule has 2 aromatic heterocycles. The van der Waals surface area contributed by atoms with E-state index in [0.717, 1.165) is 11.4 Å². The Kier molecular flexibility index (Phi) is 3.19. The molecule has 0 aliphatic rings. The van der Waals surface area contributed by atoms with Crippen molar-refractivity contribution in [3.05, 3.63) is 34.7 Å². The molecule has 5 nitrogen and oxygen atoms in total. The maximum Gasteiger partial charge on any atom is 0.318 e. The summed E-state index contributed by atoms with van der Waals surface area (Å²) in [6.45, 7) is 3.98. The third kappa shape index (κ3) is 2.34. The Morgan fingerprint density at radius 3 is 2.53 bits per heavy atom.